The molecule has 0 aliphatic carbocycles. The van der Waals surface area contributed by atoms with E-state index in [9.17, 15) is 4.79 Å². The van der Waals surface area contributed by atoms with Gasteiger partial charge < -0.3 is 14.8 Å². The number of carbonyl (C=O) groups excluding carboxylic acids is 1. The van der Waals surface area contributed by atoms with Gasteiger partial charge in [-0.25, -0.2) is 4.79 Å². The van der Waals surface area contributed by atoms with Crippen molar-refractivity contribution < 1.29 is 14.3 Å². The number of rotatable bonds is 5. The lowest BCUT2D eigenvalue weighted by molar-refractivity contribution is -0.142. The molecule has 17 heavy (non-hydrogen) atoms. The van der Waals surface area contributed by atoms with E-state index in [-0.39, 0.29) is 12.6 Å². The van der Waals surface area contributed by atoms with Crippen molar-refractivity contribution in [2.75, 3.05) is 20.8 Å². The summed E-state index contributed by atoms with van der Waals surface area (Å²) in [5.41, 5.74) is 1.000. The van der Waals surface area contributed by atoms with E-state index >= 15 is 0 Å². The van der Waals surface area contributed by atoms with Crippen LogP contribution in [0.1, 0.15) is 18.5 Å². The Balaban J connectivity index is 2.87. The van der Waals surface area contributed by atoms with Crippen LogP contribution in [-0.4, -0.2) is 26.7 Å². The van der Waals surface area contributed by atoms with Crippen LogP contribution in [0.5, 0.6) is 5.75 Å². The van der Waals surface area contributed by atoms with Gasteiger partial charge in [0.1, 0.15) is 5.75 Å². The van der Waals surface area contributed by atoms with Crippen molar-refractivity contribution in [3.05, 3.63) is 28.2 Å². The van der Waals surface area contributed by atoms with E-state index in [2.05, 4.69) is 26.0 Å². The second-order valence-electron chi connectivity index (χ2n) is 3.56. The maximum absolute atomic E-state index is 11.0. The summed E-state index contributed by atoms with van der Waals surface area (Å²) in [7, 11) is 3.21. The number of halogens is 1. The lowest BCUT2D eigenvalue weighted by Gasteiger charge is -2.16. The van der Waals surface area contributed by atoms with Crippen LogP contribution in [0.2, 0.25) is 0 Å². The summed E-state index contributed by atoms with van der Waals surface area (Å²) in [5.74, 6) is 0.277. The molecule has 0 bridgehead atoms. The fraction of sp³-hybridized carbons (Fsp3) is 0.417. The Hall–Kier alpha value is -1.07. The van der Waals surface area contributed by atoms with Crippen molar-refractivity contribution in [3.8, 4) is 5.75 Å². The molecule has 94 valence electrons. The monoisotopic (exact) mass is 301 g/mol. The van der Waals surface area contributed by atoms with Crippen molar-refractivity contribution in [1.82, 2.24) is 5.32 Å². The Morgan fingerprint density at radius 1 is 1.53 bits per heavy atom. The highest BCUT2D eigenvalue weighted by atomic mass is 79.9. The molecule has 1 N–H and O–H groups in total. The molecule has 0 heterocycles. The van der Waals surface area contributed by atoms with Crippen LogP contribution in [-0.2, 0) is 9.53 Å². The van der Waals surface area contributed by atoms with Crippen molar-refractivity contribution in [2.45, 2.75) is 13.0 Å². The largest absolute Gasteiger partial charge is 0.482 e. The van der Waals surface area contributed by atoms with Gasteiger partial charge in [0.25, 0.3) is 0 Å². The molecule has 4 nitrogen and oxygen atoms in total. The minimum Gasteiger partial charge on any atom is -0.482 e. The van der Waals surface area contributed by atoms with Crippen molar-refractivity contribution in [3.63, 3.8) is 0 Å². The molecular weight excluding hydrogens is 286 g/mol. The van der Waals surface area contributed by atoms with Crippen LogP contribution in [0.4, 0.5) is 0 Å². The van der Waals surface area contributed by atoms with Gasteiger partial charge in [0.2, 0.25) is 0 Å². The van der Waals surface area contributed by atoms with Gasteiger partial charge in [0.15, 0.2) is 6.61 Å². The highest BCUT2D eigenvalue weighted by molar-refractivity contribution is 9.10. The third-order valence-electron chi connectivity index (χ3n) is 2.45. The van der Waals surface area contributed by atoms with Crippen molar-refractivity contribution >= 4 is 21.9 Å². The fourth-order valence-corrected chi connectivity index (χ4v) is 1.68. The first-order valence-corrected chi connectivity index (χ1v) is 6.04. The third kappa shape index (κ3) is 4.02. The lowest BCUT2D eigenvalue weighted by Crippen LogP contribution is -2.17. The summed E-state index contributed by atoms with van der Waals surface area (Å²) < 4.78 is 10.9. The standard InChI is InChI=1S/C12H16BrNO3/c1-8(14-2)10-5-4-9(13)6-11(10)17-7-12(15)16-3/h4-6,8,14H,7H2,1-3H3. The Morgan fingerprint density at radius 2 is 2.24 bits per heavy atom. The zero-order chi connectivity index (χ0) is 12.8. The van der Waals surface area contributed by atoms with Crippen LogP contribution >= 0.6 is 15.9 Å². The molecule has 1 aromatic carbocycles. The molecule has 0 saturated carbocycles. The molecule has 0 saturated heterocycles. The third-order valence-corrected chi connectivity index (χ3v) is 2.94. The molecular formula is C12H16BrNO3. The lowest BCUT2D eigenvalue weighted by atomic mass is 10.1. The maximum Gasteiger partial charge on any atom is 0.343 e. The van der Waals surface area contributed by atoms with Crippen LogP contribution in [0.25, 0.3) is 0 Å². The highest BCUT2D eigenvalue weighted by Gasteiger charge is 2.12. The van der Waals surface area contributed by atoms with Gasteiger partial charge in [-0.2, -0.15) is 0 Å². The molecule has 1 unspecified atom stereocenters. The predicted octanol–water partition coefficient (Wildman–Crippen LogP) is 2.28. The van der Waals surface area contributed by atoms with Gasteiger partial charge >= 0.3 is 5.97 Å². The first-order valence-electron chi connectivity index (χ1n) is 5.24. The summed E-state index contributed by atoms with van der Waals surface area (Å²) in [6.07, 6.45) is 0. The van der Waals surface area contributed by atoms with E-state index in [4.69, 9.17) is 4.74 Å². The van der Waals surface area contributed by atoms with Crippen LogP contribution < -0.4 is 10.1 Å². The fourth-order valence-electron chi connectivity index (χ4n) is 1.34. The van der Waals surface area contributed by atoms with Crippen LogP contribution in [0.15, 0.2) is 22.7 Å². The molecule has 0 radical (unpaired) electrons. The van der Waals surface area contributed by atoms with E-state index in [1.54, 1.807) is 0 Å². The number of benzene rings is 1. The number of ether oxygens (including phenoxy) is 2. The molecule has 1 rings (SSSR count). The molecule has 0 aromatic heterocycles. The zero-order valence-corrected chi connectivity index (χ0v) is 11.7. The van der Waals surface area contributed by atoms with E-state index in [0.717, 1.165) is 10.0 Å². The van der Waals surface area contributed by atoms with Gasteiger partial charge in [-0.3, -0.25) is 0 Å². The quantitative estimate of drug-likeness (QED) is 0.848. The first kappa shape index (κ1) is 14.0. The van der Waals surface area contributed by atoms with Gasteiger partial charge in [0.05, 0.1) is 7.11 Å². The molecule has 5 heteroatoms. The Morgan fingerprint density at radius 3 is 2.82 bits per heavy atom. The Kier molecular flexibility index (Phi) is 5.44. The van der Waals surface area contributed by atoms with E-state index in [0.29, 0.717) is 5.75 Å². The number of methoxy groups -OCH3 is 1. The van der Waals surface area contributed by atoms with E-state index in [1.807, 2.05) is 32.2 Å². The number of hydrogen-bond acceptors (Lipinski definition) is 4. The average molecular weight is 302 g/mol. The van der Waals surface area contributed by atoms with Gasteiger partial charge in [0, 0.05) is 16.1 Å². The predicted molar refractivity (Wildman–Crippen MR) is 69.1 cm³/mol. The SMILES string of the molecule is CNC(C)c1ccc(Br)cc1OCC(=O)OC. The molecule has 0 aliphatic rings. The maximum atomic E-state index is 11.0. The minimum absolute atomic E-state index is 0.0869. The summed E-state index contributed by atoms with van der Waals surface area (Å²) in [6.45, 7) is 1.94. The van der Waals surface area contributed by atoms with Crippen molar-refractivity contribution in [1.29, 1.82) is 0 Å². The second-order valence-corrected chi connectivity index (χ2v) is 4.47. The Labute approximate surface area is 109 Å². The van der Waals surface area contributed by atoms with E-state index < -0.39 is 5.97 Å². The summed E-state index contributed by atoms with van der Waals surface area (Å²) in [4.78, 5) is 11.0. The minimum atomic E-state index is -0.395. The number of nitrogens with one attached hydrogen (secondary N) is 1. The number of hydrogen-bond donors (Lipinski definition) is 1. The van der Waals surface area contributed by atoms with E-state index in [1.165, 1.54) is 7.11 Å². The summed E-state index contributed by atoms with van der Waals surface area (Å²) in [5, 5.41) is 3.13. The average Bonchev–Trinajstić information content (AvgIpc) is 2.35. The second kappa shape index (κ2) is 6.61. The number of esters is 1. The smallest absolute Gasteiger partial charge is 0.343 e. The topological polar surface area (TPSA) is 47.6 Å². The normalized spacial score (nSPS) is 12.0. The molecule has 1 atom stereocenters. The highest BCUT2D eigenvalue weighted by Crippen LogP contribution is 2.28. The van der Waals surface area contributed by atoms with Gasteiger partial charge in [-0.15, -0.1) is 0 Å². The zero-order valence-electron chi connectivity index (χ0n) is 10.1. The molecule has 0 amide bonds. The van der Waals surface area contributed by atoms with Gasteiger partial charge in [-0.05, 0) is 26.1 Å². The first-order chi connectivity index (χ1) is 8.08. The molecule has 1 aromatic rings. The number of carbonyl (C=O) groups is 1. The van der Waals surface area contributed by atoms with Crippen LogP contribution in [0.3, 0.4) is 0 Å². The molecule has 0 fully saturated rings. The van der Waals surface area contributed by atoms with Gasteiger partial charge in [-0.1, -0.05) is 22.0 Å². The molecule has 0 aliphatic heterocycles. The van der Waals surface area contributed by atoms with Crippen molar-refractivity contribution in [2.24, 2.45) is 0 Å². The summed E-state index contributed by atoms with van der Waals surface area (Å²) >= 11 is 3.37. The molecule has 0 spiro atoms. The van der Waals surface area contributed by atoms with Crippen LogP contribution in [0, 0.1) is 0 Å². The Bertz CT molecular complexity index is 395. The summed E-state index contributed by atoms with van der Waals surface area (Å²) in [6, 6.07) is 5.88.